The van der Waals surface area contributed by atoms with Gasteiger partial charge < -0.3 is 5.32 Å². The van der Waals surface area contributed by atoms with E-state index in [0.29, 0.717) is 0 Å². The van der Waals surface area contributed by atoms with E-state index in [9.17, 15) is 25.0 Å². The summed E-state index contributed by atoms with van der Waals surface area (Å²) in [6, 6.07) is 3.90. The Bertz CT molecular complexity index is 763. The maximum absolute atomic E-state index is 12.0. The highest BCUT2D eigenvalue weighted by Crippen LogP contribution is 2.31. The molecule has 2 rings (SSSR count). The van der Waals surface area contributed by atoms with Crippen molar-refractivity contribution in [1.29, 1.82) is 0 Å². The van der Waals surface area contributed by atoms with Crippen LogP contribution in [-0.2, 0) is 11.3 Å². The molecule has 0 saturated heterocycles. The molecule has 2 aromatic rings. The molecule has 0 aliphatic heterocycles. The van der Waals surface area contributed by atoms with Gasteiger partial charge in [0.25, 0.3) is 11.4 Å². The first-order valence-corrected chi connectivity index (χ1v) is 6.51. The number of rotatable bonds is 5. The lowest BCUT2D eigenvalue weighted by Gasteiger charge is -2.08. The fourth-order valence-corrected chi connectivity index (χ4v) is 2.04. The molecule has 1 aromatic carbocycles. The Morgan fingerprint density at radius 3 is 2.22 bits per heavy atom. The van der Waals surface area contributed by atoms with E-state index in [-0.39, 0.29) is 17.8 Å². The highest BCUT2D eigenvalue weighted by molar-refractivity contribution is 5.91. The second-order valence-corrected chi connectivity index (χ2v) is 4.83. The summed E-state index contributed by atoms with van der Waals surface area (Å²) in [6.45, 7) is 2.95. The van der Waals surface area contributed by atoms with Crippen LogP contribution in [0.3, 0.4) is 0 Å². The molecule has 120 valence electrons. The first-order chi connectivity index (χ1) is 10.8. The van der Waals surface area contributed by atoms with E-state index in [1.54, 1.807) is 13.0 Å². The molecule has 1 N–H and O–H groups in total. The number of hydrogen-bond donors (Lipinski definition) is 1. The van der Waals surface area contributed by atoms with Crippen molar-refractivity contribution in [1.82, 2.24) is 9.78 Å². The van der Waals surface area contributed by atoms with Crippen LogP contribution in [0.1, 0.15) is 11.3 Å². The fourth-order valence-electron chi connectivity index (χ4n) is 2.04. The van der Waals surface area contributed by atoms with E-state index >= 15 is 0 Å². The van der Waals surface area contributed by atoms with Gasteiger partial charge in [-0.05, 0) is 19.9 Å². The van der Waals surface area contributed by atoms with Crippen LogP contribution in [0.5, 0.6) is 0 Å². The molecular formula is C13H13N5O5. The van der Waals surface area contributed by atoms with Crippen LogP contribution in [0.15, 0.2) is 24.4 Å². The highest BCUT2D eigenvalue weighted by Gasteiger charge is 2.23. The number of aryl methyl sites for hydroxylation is 1. The van der Waals surface area contributed by atoms with Crippen LogP contribution in [-0.4, -0.2) is 25.5 Å². The molecule has 10 nitrogen and oxygen atoms in total. The molecule has 0 fully saturated rings. The number of aromatic nitrogens is 2. The molecule has 1 heterocycles. The molecule has 0 bridgehead atoms. The van der Waals surface area contributed by atoms with Gasteiger partial charge >= 0.3 is 0 Å². The summed E-state index contributed by atoms with van der Waals surface area (Å²) < 4.78 is 1.44. The van der Waals surface area contributed by atoms with Crippen LogP contribution in [0.4, 0.5) is 17.1 Å². The third-order valence-electron chi connectivity index (χ3n) is 3.25. The SMILES string of the molecule is Cc1c([N+](=O)[O-])cc(NC(=O)Cn2nccc2C)cc1[N+](=O)[O-]. The molecule has 0 atom stereocenters. The molecule has 0 saturated carbocycles. The quantitative estimate of drug-likeness (QED) is 0.661. The molecule has 0 aliphatic carbocycles. The van der Waals surface area contributed by atoms with E-state index in [0.717, 1.165) is 17.8 Å². The average Bonchev–Trinajstić information content (AvgIpc) is 2.85. The number of nitrogens with one attached hydrogen (secondary N) is 1. The zero-order valence-electron chi connectivity index (χ0n) is 12.3. The van der Waals surface area contributed by atoms with Gasteiger partial charge in [-0.15, -0.1) is 0 Å². The van der Waals surface area contributed by atoms with Gasteiger partial charge in [0, 0.05) is 24.0 Å². The van der Waals surface area contributed by atoms with Crippen molar-refractivity contribution in [2.24, 2.45) is 0 Å². The Balaban J connectivity index is 2.29. The van der Waals surface area contributed by atoms with Crippen molar-refractivity contribution >= 4 is 23.0 Å². The zero-order chi connectivity index (χ0) is 17.1. The summed E-state index contributed by atoms with van der Waals surface area (Å²) in [5, 5.41) is 28.3. The number of carbonyl (C=O) groups is 1. The Morgan fingerprint density at radius 1 is 1.22 bits per heavy atom. The number of nitrogens with zero attached hydrogens (tertiary/aromatic N) is 4. The van der Waals surface area contributed by atoms with Gasteiger partial charge in [0.1, 0.15) is 12.1 Å². The first kappa shape index (κ1) is 16.1. The third kappa shape index (κ3) is 3.48. The summed E-state index contributed by atoms with van der Waals surface area (Å²) in [7, 11) is 0. The van der Waals surface area contributed by atoms with Gasteiger partial charge in [-0.25, -0.2) is 0 Å². The van der Waals surface area contributed by atoms with Gasteiger partial charge in [-0.1, -0.05) is 0 Å². The lowest BCUT2D eigenvalue weighted by molar-refractivity contribution is -0.395. The molecule has 1 amide bonds. The van der Waals surface area contributed by atoms with Crippen molar-refractivity contribution < 1.29 is 14.6 Å². The molecule has 10 heteroatoms. The largest absolute Gasteiger partial charge is 0.324 e. The molecule has 0 aliphatic rings. The van der Waals surface area contributed by atoms with Crippen molar-refractivity contribution in [2.45, 2.75) is 20.4 Å². The van der Waals surface area contributed by atoms with Crippen LogP contribution in [0.25, 0.3) is 0 Å². The number of benzene rings is 1. The van der Waals surface area contributed by atoms with Crippen molar-refractivity contribution in [3.63, 3.8) is 0 Å². The summed E-state index contributed by atoms with van der Waals surface area (Å²) in [6.07, 6.45) is 1.53. The van der Waals surface area contributed by atoms with E-state index < -0.39 is 27.1 Å². The first-order valence-electron chi connectivity index (χ1n) is 6.51. The predicted molar refractivity (Wildman–Crippen MR) is 80.1 cm³/mol. The van der Waals surface area contributed by atoms with E-state index in [1.807, 2.05) is 0 Å². The van der Waals surface area contributed by atoms with Crippen LogP contribution < -0.4 is 5.32 Å². The molecule has 0 spiro atoms. The smallest absolute Gasteiger partial charge is 0.281 e. The highest BCUT2D eigenvalue weighted by atomic mass is 16.6. The second kappa shape index (κ2) is 6.22. The van der Waals surface area contributed by atoms with Crippen LogP contribution in [0, 0.1) is 34.1 Å². The molecular weight excluding hydrogens is 306 g/mol. The normalized spacial score (nSPS) is 10.3. The number of nitro groups is 2. The minimum absolute atomic E-state index is 0.0104. The minimum atomic E-state index is -0.727. The molecule has 23 heavy (non-hydrogen) atoms. The second-order valence-electron chi connectivity index (χ2n) is 4.83. The summed E-state index contributed by atoms with van der Waals surface area (Å²) in [5.74, 6) is -0.496. The topological polar surface area (TPSA) is 133 Å². The number of hydrogen-bond acceptors (Lipinski definition) is 6. The van der Waals surface area contributed by atoms with Crippen molar-refractivity contribution in [3.8, 4) is 0 Å². The van der Waals surface area contributed by atoms with E-state index in [4.69, 9.17) is 0 Å². The monoisotopic (exact) mass is 319 g/mol. The Labute approximate surface area is 130 Å². The fraction of sp³-hybridized carbons (Fsp3) is 0.231. The van der Waals surface area contributed by atoms with Crippen LogP contribution in [0.2, 0.25) is 0 Å². The maximum atomic E-state index is 12.0. The number of carbonyl (C=O) groups excluding carboxylic acids is 1. The van der Waals surface area contributed by atoms with Crippen molar-refractivity contribution in [3.05, 3.63) is 55.9 Å². The lowest BCUT2D eigenvalue weighted by Crippen LogP contribution is -2.20. The number of anilines is 1. The predicted octanol–water partition coefficient (Wildman–Crippen LogP) is 1.96. The summed E-state index contributed by atoms with van der Waals surface area (Å²) in [4.78, 5) is 32.5. The van der Waals surface area contributed by atoms with Gasteiger partial charge in [-0.3, -0.25) is 29.7 Å². The lowest BCUT2D eigenvalue weighted by atomic mass is 10.1. The van der Waals surface area contributed by atoms with Gasteiger partial charge in [0.05, 0.1) is 15.5 Å². The van der Waals surface area contributed by atoms with Gasteiger partial charge in [0.15, 0.2) is 0 Å². The maximum Gasteiger partial charge on any atom is 0.281 e. The molecule has 1 aromatic heterocycles. The number of nitro benzene ring substituents is 2. The van der Waals surface area contributed by atoms with Gasteiger partial charge in [-0.2, -0.15) is 5.10 Å². The zero-order valence-corrected chi connectivity index (χ0v) is 12.3. The minimum Gasteiger partial charge on any atom is -0.324 e. The Hall–Kier alpha value is -3.30. The summed E-state index contributed by atoms with van der Waals surface area (Å²) >= 11 is 0. The van der Waals surface area contributed by atoms with Crippen LogP contribution >= 0.6 is 0 Å². The Kier molecular flexibility index (Phi) is 4.35. The van der Waals surface area contributed by atoms with E-state index in [1.165, 1.54) is 17.8 Å². The van der Waals surface area contributed by atoms with Gasteiger partial charge in [0.2, 0.25) is 5.91 Å². The summed E-state index contributed by atoms with van der Waals surface area (Å²) in [5.41, 5.74) is -0.166. The standard InChI is InChI=1S/C13H13N5O5/c1-8-3-4-14-16(8)7-13(19)15-10-5-11(17(20)21)9(2)12(6-10)18(22)23/h3-6H,7H2,1-2H3,(H,15,19). The number of amides is 1. The molecule has 0 unspecified atom stereocenters. The van der Waals surface area contributed by atoms with Crippen molar-refractivity contribution in [2.75, 3.05) is 5.32 Å². The molecule has 0 radical (unpaired) electrons. The van der Waals surface area contributed by atoms with E-state index in [2.05, 4.69) is 10.4 Å². The third-order valence-corrected chi connectivity index (χ3v) is 3.25. The average molecular weight is 319 g/mol. The Morgan fingerprint density at radius 2 is 1.78 bits per heavy atom.